The van der Waals surface area contributed by atoms with E-state index in [0.717, 1.165) is 63.2 Å². The molecule has 0 heterocycles. The van der Waals surface area contributed by atoms with Crippen LogP contribution in [-0.4, -0.2) is 50.8 Å². The minimum absolute atomic E-state index is 0.164. The molecule has 1 atom stereocenters. The van der Waals surface area contributed by atoms with Crippen LogP contribution < -0.4 is 9.80 Å². The fourth-order valence-corrected chi connectivity index (χ4v) is 4.54. The van der Waals surface area contributed by atoms with Crippen molar-refractivity contribution >= 4 is 35.5 Å². The van der Waals surface area contributed by atoms with Gasteiger partial charge < -0.3 is 19.3 Å². The first kappa shape index (κ1) is 34.6. The smallest absolute Gasteiger partial charge is 0.349 e. The van der Waals surface area contributed by atoms with Gasteiger partial charge in [0, 0.05) is 37.6 Å². The SMILES string of the molecule is CCCN(CCC)c1ccc(/C=C(\C#N)C(=O)OCC(C)OC(=O)/C(C#N)=C/c2ccc(N(CCC)CCC)cc2)cc1. The number of anilines is 2. The van der Waals surface area contributed by atoms with Crippen LogP contribution in [-0.2, 0) is 19.1 Å². The molecule has 0 aliphatic rings. The lowest BCUT2D eigenvalue weighted by Crippen LogP contribution is -2.24. The first-order valence-corrected chi connectivity index (χ1v) is 15.1. The summed E-state index contributed by atoms with van der Waals surface area (Å²) in [7, 11) is 0. The van der Waals surface area contributed by atoms with Crippen molar-refractivity contribution in [1.29, 1.82) is 10.5 Å². The molecule has 2 aromatic carbocycles. The van der Waals surface area contributed by atoms with Crippen LogP contribution in [0.2, 0.25) is 0 Å². The lowest BCUT2D eigenvalue weighted by atomic mass is 10.1. The molecule has 0 aliphatic heterocycles. The minimum atomic E-state index is -0.824. The Bertz CT molecular complexity index is 1310. The highest BCUT2D eigenvalue weighted by Gasteiger charge is 2.18. The zero-order chi connectivity index (χ0) is 31.6. The monoisotopic (exact) mass is 584 g/mol. The number of rotatable bonds is 17. The highest BCUT2D eigenvalue weighted by atomic mass is 16.6. The molecule has 0 amide bonds. The fourth-order valence-electron chi connectivity index (χ4n) is 4.54. The highest BCUT2D eigenvalue weighted by molar-refractivity contribution is 5.98. The zero-order valence-electron chi connectivity index (χ0n) is 26.1. The summed E-state index contributed by atoms with van der Waals surface area (Å²) in [5.74, 6) is -1.63. The van der Waals surface area contributed by atoms with Crippen LogP contribution >= 0.6 is 0 Å². The standard InChI is InChI=1S/C35H44N4O4/c1-6-18-38(19-7-2)32-14-10-28(11-15-32)22-30(24-36)34(40)42-26-27(5)43-35(41)31(25-37)23-29-12-16-33(17-13-29)39(20-8-3)21-9-4/h10-17,22-23,27H,6-9,18-21,26H2,1-5H3/b30-22+,31-23+. The average Bonchev–Trinajstić information content (AvgIpc) is 3.01. The quantitative estimate of drug-likeness (QED) is 0.112. The molecule has 2 aromatic rings. The molecular formula is C35H44N4O4. The van der Waals surface area contributed by atoms with Crippen LogP contribution in [0.25, 0.3) is 12.2 Å². The molecule has 0 aliphatic carbocycles. The Hall–Kier alpha value is -4.56. The number of hydrogen-bond donors (Lipinski definition) is 0. The van der Waals surface area contributed by atoms with Gasteiger partial charge in [-0.15, -0.1) is 0 Å². The lowest BCUT2D eigenvalue weighted by molar-refractivity contribution is -0.152. The van der Waals surface area contributed by atoms with E-state index in [-0.39, 0.29) is 17.8 Å². The van der Waals surface area contributed by atoms with Crippen LogP contribution in [0.3, 0.4) is 0 Å². The molecule has 228 valence electrons. The van der Waals surface area contributed by atoms with E-state index in [0.29, 0.717) is 11.1 Å². The molecule has 2 rings (SSSR count). The van der Waals surface area contributed by atoms with Gasteiger partial charge in [0.15, 0.2) is 0 Å². The maximum Gasteiger partial charge on any atom is 0.349 e. The second kappa shape index (κ2) is 18.8. The van der Waals surface area contributed by atoms with Gasteiger partial charge in [0.25, 0.3) is 0 Å². The van der Waals surface area contributed by atoms with E-state index in [2.05, 4.69) is 37.5 Å². The summed E-state index contributed by atoms with van der Waals surface area (Å²) >= 11 is 0. The van der Waals surface area contributed by atoms with Gasteiger partial charge >= 0.3 is 11.9 Å². The number of nitriles is 2. The Morgan fingerprint density at radius 2 is 1.07 bits per heavy atom. The van der Waals surface area contributed by atoms with Gasteiger partial charge in [0.05, 0.1) is 0 Å². The molecular weight excluding hydrogens is 540 g/mol. The number of esters is 2. The summed E-state index contributed by atoms with van der Waals surface area (Å²) in [6.45, 7) is 13.7. The first-order valence-electron chi connectivity index (χ1n) is 15.1. The Morgan fingerprint density at radius 3 is 1.42 bits per heavy atom. The molecule has 0 spiro atoms. The topological polar surface area (TPSA) is 107 Å². The van der Waals surface area contributed by atoms with Gasteiger partial charge in [-0.1, -0.05) is 52.0 Å². The van der Waals surface area contributed by atoms with E-state index >= 15 is 0 Å². The maximum absolute atomic E-state index is 12.6. The van der Waals surface area contributed by atoms with Crippen LogP contribution in [0.5, 0.6) is 0 Å². The third-order valence-electron chi connectivity index (χ3n) is 6.55. The van der Waals surface area contributed by atoms with E-state index < -0.39 is 18.0 Å². The molecule has 1 unspecified atom stereocenters. The van der Waals surface area contributed by atoms with Crippen molar-refractivity contribution in [3.8, 4) is 12.1 Å². The van der Waals surface area contributed by atoms with E-state index in [9.17, 15) is 20.1 Å². The van der Waals surface area contributed by atoms with Gasteiger partial charge in [-0.2, -0.15) is 10.5 Å². The van der Waals surface area contributed by atoms with Gasteiger partial charge in [0.1, 0.15) is 36.0 Å². The van der Waals surface area contributed by atoms with Gasteiger partial charge in [-0.3, -0.25) is 0 Å². The van der Waals surface area contributed by atoms with E-state index in [1.165, 1.54) is 12.2 Å². The van der Waals surface area contributed by atoms with Crippen molar-refractivity contribution in [2.24, 2.45) is 0 Å². The summed E-state index contributed by atoms with van der Waals surface area (Å²) in [5.41, 5.74) is 3.25. The molecule has 0 bridgehead atoms. The third kappa shape index (κ3) is 11.3. The molecule has 0 fully saturated rings. The molecule has 0 aromatic heterocycles. The Labute approximate surface area is 256 Å². The average molecular weight is 585 g/mol. The number of carbonyl (C=O) groups is 2. The summed E-state index contributed by atoms with van der Waals surface area (Å²) in [6, 6.07) is 19.1. The predicted molar refractivity (Wildman–Crippen MR) is 172 cm³/mol. The van der Waals surface area contributed by atoms with Crippen LogP contribution in [0.1, 0.15) is 71.4 Å². The predicted octanol–water partition coefficient (Wildman–Crippen LogP) is 6.93. The Kier molecular flexibility index (Phi) is 15.1. The zero-order valence-corrected chi connectivity index (χ0v) is 26.1. The van der Waals surface area contributed by atoms with Crippen LogP contribution in [0.15, 0.2) is 59.7 Å². The van der Waals surface area contributed by atoms with E-state index in [4.69, 9.17) is 9.47 Å². The minimum Gasteiger partial charge on any atom is -0.458 e. The van der Waals surface area contributed by atoms with E-state index in [1.54, 1.807) is 6.92 Å². The van der Waals surface area contributed by atoms with Crippen molar-refractivity contribution in [3.63, 3.8) is 0 Å². The molecule has 8 nitrogen and oxygen atoms in total. The molecule has 0 saturated heterocycles. The van der Waals surface area contributed by atoms with Crippen molar-refractivity contribution in [3.05, 3.63) is 70.8 Å². The number of carbonyl (C=O) groups excluding carboxylic acids is 2. The molecule has 0 N–H and O–H groups in total. The maximum atomic E-state index is 12.6. The number of hydrogen-bond acceptors (Lipinski definition) is 8. The van der Waals surface area contributed by atoms with Crippen molar-refractivity contribution in [1.82, 2.24) is 0 Å². The van der Waals surface area contributed by atoms with Crippen LogP contribution in [0, 0.1) is 22.7 Å². The third-order valence-corrected chi connectivity index (χ3v) is 6.55. The number of nitrogens with zero attached hydrogens (tertiary/aromatic N) is 4. The van der Waals surface area contributed by atoms with Crippen molar-refractivity contribution < 1.29 is 19.1 Å². The number of ether oxygens (including phenoxy) is 2. The first-order chi connectivity index (χ1) is 20.8. The van der Waals surface area contributed by atoms with E-state index in [1.807, 2.05) is 60.7 Å². The largest absolute Gasteiger partial charge is 0.458 e. The molecule has 8 heteroatoms. The number of benzene rings is 2. The molecule has 43 heavy (non-hydrogen) atoms. The van der Waals surface area contributed by atoms with Gasteiger partial charge in [-0.25, -0.2) is 9.59 Å². The van der Waals surface area contributed by atoms with Crippen molar-refractivity contribution in [2.75, 3.05) is 42.6 Å². The Morgan fingerprint density at radius 1 is 0.698 bits per heavy atom. The van der Waals surface area contributed by atoms with Crippen LogP contribution in [0.4, 0.5) is 11.4 Å². The molecule has 0 radical (unpaired) electrons. The van der Waals surface area contributed by atoms with Gasteiger partial charge in [0.2, 0.25) is 0 Å². The lowest BCUT2D eigenvalue weighted by Gasteiger charge is -2.23. The highest BCUT2D eigenvalue weighted by Crippen LogP contribution is 2.20. The summed E-state index contributed by atoms with van der Waals surface area (Å²) < 4.78 is 10.6. The van der Waals surface area contributed by atoms with Crippen molar-refractivity contribution in [2.45, 2.75) is 66.4 Å². The Balaban J connectivity index is 1.98. The second-order valence-electron chi connectivity index (χ2n) is 10.3. The normalized spacial score (nSPS) is 12.1. The summed E-state index contributed by atoms with van der Waals surface area (Å²) in [4.78, 5) is 29.8. The second-order valence-corrected chi connectivity index (χ2v) is 10.3. The fraction of sp³-hybridized carbons (Fsp3) is 0.429. The molecule has 0 saturated carbocycles. The summed E-state index contributed by atoms with van der Waals surface area (Å²) in [5, 5.41) is 19.1. The van der Waals surface area contributed by atoms with Gasteiger partial charge in [-0.05, 0) is 80.2 Å². The summed E-state index contributed by atoms with van der Waals surface area (Å²) in [6.07, 6.45) is 6.28.